The van der Waals surface area contributed by atoms with E-state index in [-0.39, 0.29) is 6.54 Å². The van der Waals surface area contributed by atoms with Crippen molar-refractivity contribution in [1.29, 1.82) is 0 Å². The number of nitrogens with zero attached hydrogens (tertiary/aromatic N) is 3. The first-order valence-corrected chi connectivity index (χ1v) is 7.17. The van der Waals surface area contributed by atoms with Crippen LogP contribution in [-0.4, -0.2) is 25.8 Å². The molecular formula is C16H17N3O3. The molecule has 0 saturated carbocycles. The van der Waals surface area contributed by atoms with Crippen LogP contribution in [0.2, 0.25) is 0 Å². The molecule has 0 bridgehead atoms. The maximum atomic E-state index is 11.2. The fourth-order valence-electron chi connectivity index (χ4n) is 2.48. The molecule has 3 aromatic rings. The first-order chi connectivity index (χ1) is 10.5. The van der Waals surface area contributed by atoms with Gasteiger partial charge in [0.25, 0.3) is 5.89 Å². The molecule has 0 atom stereocenters. The minimum Gasteiger partial charge on any atom is -0.480 e. The highest BCUT2D eigenvalue weighted by molar-refractivity contribution is 5.87. The fourth-order valence-corrected chi connectivity index (χ4v) is 2.48. The van der Waals surface area contributed by atoms with Crippen LogP contribution in [0.1, 0.15) is 19.7 Å². The van der Waals surface area contributed by atoms with Crippen LogP contribution < -0.4 is 0 Å². The fraction of sp³-hybridized carbons (Fsp3) is 0.312. The Bertz CT molecular complexity index is 817. The van der Waals surface area contributed by atoms with E-state index in [4.69, 9.17) is 9.52 Å². The van der Waals surface area contributed by atoms with Crippen LogP contribution in [0.3, 0.4) is 0 Å². The Morgan fingerprint density at radius 2 is 2.09 bits per heavy atom. The predicted octanol–water partition coefficient (Wildman–Crippen LogP) is 2.97. The Hall–Kier alpha value is -2.63. The zero-order valence-electron chi connectivity index (χ0n) is 12.5. The first kappa shape index (κ1) is 14.3. The highest BCUT2D eigenvalue weighted by Gasteiger charge is 2.18. The molecule has 0 aliphatic carbocycles. The van der Waals surface area contributed by atoms with Crippen LogP contribution in [0.15, 0.2) is 34.7 Å². The van der Waals surface area contributed by atoms with Gasteiger partial charge in [0, 0.05) is 17.3 Å². The molecule has 0 saturated heterocycles. The minimum absolute atomic E-state index is 0.148. The molecule has 0 aliphatic rings. The highest BCUT2D eigenvalue weighted by atomic mass is 16.4. The standard InChI is InChI=1S/C16H17N3O3/c1-10(2)7-14-17-18-16(22-14)13-8-11-5-3-4-6-12(11)19(13)9-15(20)21/h3-6,8,10H,7,9H2,1-2H3,(H,20,21). The number of fused-ring (bicyclic) bond motifs is 1. The Labute approximate surface area is 127 Å². The number of hydrogen-bond donors (Lipinski definition) is 1. The van der Waals surface area contributed by atoms with Crippen LogP contribution in [-0.2, 0) is 17.8 Å². The molecule has 3 rings (SSSR count). The van der Waals surface area contributed by atoms with E-state index in [0.29, 0.717) is 29.8 Å². The lowest BCUT2D eigenvalue weighted by atomic mass is 10.1. The summed E-state index contributed by atoms with van der Waals surface area (Å²) in [5.74, 6) is 0.424. The highest BCUT2D eigenvalue weighted by Crippen LogP contribution is 2.27. The van der Waals surface area contributed by atoms with E-state index in [9.17, 15) is 4.79 Å². The Kier molecular flexibility index (Phi) is 3.66. The summed E-state index contributed by atoms with van der Waals surface area (Å²) >= 11 is 0. The number of carboxylic acids is 1. The summed E-state index contributed by atoms with van der Waals surface area (Å²) in [6, 6.07) is 9.48. The van der Waals surface area contributed by atoms with Gasteiger partial charge in [-0.25, -0.2) is 0 Å². The van der Waals surface area contributed by atoms with E-state index in [0.717, 1.165) is 10.9 Å². The van der Waals surface area contributed by atoms with Crippen molar-refractivity contribution in [3.8, 4) is 11.6 Å². The van der Waals surface area contributed by atoms with Gasteiger partial charge in [-0.1, -0.05) is 32.0 Å². The third-order valence-electron chi connectivity index (χ3n) is 3.37. The third kappa shape index (κ3) is 2.72. The van der Waals surface area contributed by atoms with Gasteiger partial charge in [0.05, 0.1) is 0 Å². The van der Waals surface area contributed by atoms with Crippen molar-refractivity contribution in [2.45, 2.75) is 26.8 Å². The molecule has 22 heavy (non-hydrogen) atoms. The van der Waals surface area contributed by atoms with E-state index < -0.39 is 5.97 Å². The second kappa shape index (κ2) is 5.63. The van der Waals surface area contributed by atoms with Crippen molar-refractivity contribution in [3.63, 3.8) is 0 Å². The van der Waals surface area contributed by atoms with Gasteiger partial charge >= 0.3 is 5.97 Å². The average Bonchev–Trinajstić information content (AvgIpc) is 3.03. The summed E-state index contributed by atoms with van der Waals surface area (Å²) in [6.45, 7) is 4.00. The molecule has 6 heteroatoms. The second-order valence-electron chi connectivity index (χ2n) is 5.67. The number of para-hydroxylation sites is 1. The molecule has 2 heterocycles. The van der Waals surface area contributed by atoms with E-state index in [1.807, 2.05) is 30.3 Å². The van der Waals surface area contributed by atoms with Gasteiger partial charge < -0.3 is 14.1 Å². The second-order valence-corrected chi connectivity index (χ2v) is 5.67. The van der Waals surface area contributed by atoms with Crippen LogP contribution in [0.25, 0.3) is 22.5 Å². The molecule has 0 spiro atoms. The maximum Gasteiger partial charge on any atom is 0.323 e. The van der Waals surface area contributed by atoms with E-state index in [1.165, 1.54) is 0 Å². The largest absolute Gasteiger partial charge is 0.480 e. The Morgan fingerprint density at radius 3 is 2.82 bits per heavy atom. The van der Waals surface area contributed by atoms with Gasteiger partial charge in [-0.3, -0.25) is 4.79 Å². The van der Waals surface area contributed by atoms with Gasteiger partial charge in [0.2, 0.25) is 5.89 Å². The number of benzene rings is 1. The van der Waals surface area contributed by atoms with Crippen molar-refractivity contribution in [2.24, 2.45) is 5.92 Å². The van der Waals surface area contributed by atoms with Gasteiger partial charge in [-0.05, 0) is 18.1 Å². The summed E-state index contributed by atoms with van der Waals surface area (Å²) < 4.78 is 7.38. The van der Waals surface area contributed by atoms with E-state index in [2.05, 4.69) is 24.0 Å². The molecule has 6 nitrogen and oxygen atoms in total. The molecule has 0 fully saturated rings. The van der Waals surface area contributed by atoms with Gasteiger partial charge in [-0.2, -0.15) is 0 Å². The Morgan fingerprint density at radius 1 is 1.32 bits per heavy atom. The molecule has 0 amide bonds. The van der Waals surface area contributed by atoms with Crippen molar-refractivity contribution in [2.75, 3.05) is 0 Å². The molecular weight excluding hydrogens is 282 g/mol. The van der Waals surface area contributed by atoms with Gasteiger partial charge in [0.15, 0.2) is 0 Å². The summed E-state index contributed by atoms with van der Waals surface area (Å²) in [7, 11) is 0. The lowest BCUT2D eigenvalue weighted by molar-refractivity contribution is -0.137. The minimum atomic E-state index is -0.912. The number of hydrogen-bond acceptors (Lipinski definition) is 4. The van der Waals surface area contributed by atoms with E-state index >= 15 is 0 Å². The average molecular weight is 299 g/mol. The summed E-state index contributed by atoms with van der Waals surface area (Å²) in [5.41, 5.74) is 1.47. The van der Waals surface area contributed by atoms with Crippen molar-refractivity contribution in [3.05, 3.63) is 36.2 Å². The van der Waals surface area contributed by atoms with E-state index in [1.54, 1.807) is 4.57 Å². The zero-order chi connectivity index (χ0) is 15.7. The number of carbonyl (C=O) groups is 1. The van der Waals surface area contributed by atoms with Crippen LogP contribution in [0.5, 0.6) is 0 Å². The number of carboxylic acid groups (broad SMARTS) is 1. The van der Waals surface area contributed by atoms with Crippen molar-refractivity contribution >= 4 is 16.9 Å². The van der Waals surface area contributed by atoms with Crippen molar-refractivity contribution < 1.29 is 14.3 Å². The zero-order valence-corrected chi connectivity index (χ0v) is 12.5. The normalized spacial score (nSPS) is 11.4. The summed E-state index contributed by atoms with van der Waals surface area (Å²) in [5, 5.41) is 18.2. The van der Waals surface area contributed by atoms with Gasteiger partial charge in [-0.15, -0.1) is 10.2 Å². The number of aliphatic carboxylic acids is 1. The number of rotatable bonds is 5. The SMILES string of the molecule is CC(C)Cc1nnc(-c2cc3ccccc3n2CC(=O)O)o1. The maximum absolute atomic E-state index is 11.2. The van der Waals surface area contributed by atoms with Crippen LogP contribution in [0, 0.1) is 5.92 Å². The number of aromatic nitrogens is 3. The smallest absolute Gasteiger partial charge is 0.323 e. The third-order valence-corrected chi connectivity index (χ3v) is 3.37. The molecule has 1 N–H and O–H groups in total. The molecule has 0 unspecified atom stereocenters. The van der Waals surface area contributed by atoms with Crippen molar-refractivity contribution in [1.82, 2.24) is 14.8 Å². The predicted molar refractivity (Wildman–Crippen MR) is 81.4 cm³/mol. The summed E-state index contributed by atoms with van der Waals surface area (Å²) in [4.78, 5) is 11.2. The summed E-state index contributed by atoms with van der Waals surface area (Å²) in [6.07, 6.45) is 0.701. The molecule has 0 radical (unpaired) electrons. The molecule has 2 aromatic heterocycles. The molecule has 0 aliphatic heterocycles. The van der Waals surface area contributed by atoms with Crippen LogP contribution >= 0.6 is 0 Å². The first-order valence-electron chi connectivity index (χ1n) is 7.17. The Balaban J connectivity index is 2.09. The topological polar surface area (TPSA) is 81.2 Å². The van der Waals surface area contributed by atoms with Crippen LogP contribution in [0.4, 0.5) is 0 Å². The lowest BCUT2D eigenvalue weighted by Crippen LogP contribution is -2.09. The lowest BCUT2D eigenvalue weighted by Gasteiger charge is -2.05. The monoisotopic (exact) mass is 299 g/mol. The molecule has 1 aromatic carbocycles. The van der Waals surface area contributed by atoms with Gasteiger partial charge in [0.1, 0.15) is 12.2 Å². The quantitative estimate of drug-likeness (QED) is 0.783. The molecule has 114 valence electrons.